The molecule has 25 heavy (non-hydrogen) atoms. The van der Waals surface area contributed by atoms with E-state index in [0.29, 0.717) is 18.9 Å². The fourth-order valence-corrected chi connectivity index (χ4v) is 3.05. The van der Waals surface area contributed by atoms with Crippen LogP contribution in [0.25, 0.3) is 0 Å². The van der Waals surface area contributed by atoms with Crippen LogP contribution < -0.4 is 5.32 Å². The predicted molar refractivity (Wildman–Crippen MR) is 95.8 cm³/mol. The molecule has 0 saturated carbocycles. The topological polar surface area (TPSA) is 78.1 Å². The molecule has 0 aliphatic carbocycles. The number of benzene rings is 1. The summed E-state index contributed by atoms with van der Waals surface area (Å²) in [5, 5.41) is 9.90. The van der Waals surface area contributed by atoms with Gasteiger partial charge < -0.3 is 10.2 Å². The molecular weight excluding hydrogens is 316 g/mol. The van der Waals surface area contributed by atoms with Crippen LogP contribution in [0.4, 0.5) is 5.82 Å². The van der Waals surface area contributed by atoms with Crippen LogP contribution >= 0.6 is 0 Å². The number of nitrogens with zero attached hydrogens (tertiary/aromatic N) is 2. The Morgan fingerprint density at radius 3 is 2.92 bits per heavy atom. The fraction of sp³-hybridized carbons (Fsp3) is 0.421. The number of hydrogen-bond acceptors (Lipinski definition) is 3. The Balaban J connectivity index is 1.54. The number of aryl methyl sites for hydroxylation is 1. The Kier molecular flexibility index (Phi) is 5.48. The number of anilines is 1. The molecule has 0 spiro atoms. The van der Waals surface area contributed by atoms with E-state index >= 15 is 0 Å². The summed E-state index contributed by atoms with van der Waals surface area (Å²) >= 11 is 0. The van der Waals surface area contributed by atoms with Crippen molar-refractivity contribution in [3.05, 3.63) is 47.7 Å². The Morgan fingerprint density at radius 1 is 1.36 bits per heavy atom. The van der Waals surface area contributed by atoms with Crippen molar-refractivity contribution in [1.29, 1.82) is 0 Å². The highest BCUT2D eigenvalue weighted by Gasteiger charge is 2.34. The third kappa shape index (κ3) is 4.47. The Hall–Kier alpha value is -2.63. The van der Waals surface area contributed by atoms with Crippen LogP contribution in [-0.2, 0) is 22.6 Å². The molecule has 132 valence electrons. The lowest BCUT2D eigenvalue weighted by Gasteiger charge is -2.16. The molecule has 1 unspecified atom stereocenters. The van der Waals surface area contributed by atoms with Crippen molar-refractivity contribution in [3.63, 3.8) is 0 Å². The second-order valence-electron chi connectivity index (χ2n) is 6.53. The molecule has 1 saturated heterocycles. The molecule has 0 radical (unpaired) electrons. The maximum absolute atomic E-state index is 12.4. The Bertz CT molecular complexity index is 726. The van der Waals surface area contributed by atoms with Crippen LogP contribution in [0.15, 0.2) is 36.4 Å². The highest BCUT2D eigenvalue weighted by Crippen LogP contribution is 2.22. The van der Waals surface area contributed by atoms with Crippen LogP contribution in [0, 0.1) is 5.92 Å². The van der Waals surface area contributed by atoms with Gasteiger partial charge in [0.05, 0.1) is 5.92 Å². The number of aromatic nitrogens is 2. The minimum Gasteiger partial charge on any atom is -0.338 e. The molecule has 3 rings (SSSR count). The lowest BCUT2D eigenvalue weighted by molar-refractivity contribution is -0.128. The largest absolute Gasteiger partial charge is 0.338 e. The molecule has 1 aliphatic heterocycles. The van der Waals surface area contributed by atoms with Gasteiger partial charge in [-0.1, -0.05) is 43.7 Å². The van der Waals surface area contributed by atoms with E-state index in [0.717, 1.165) is 30.5 Å². The fourth-order valence-electron chi connectivity index (χ4n) is 3.05. The third-order valence-electron chi connectivity index (χ3n) is 4.48. The number of unbranched alkanes of at least 4 members (excludes halogenated alkanes) is 1. The molecule has 6 nitrogen and oxygen atoms in total. The van der Waals surface area contributed by atoms with E-state index in [1.807, 2.05) is 36.4 Å². The number of likely N-dealkylation sites (tertiary alicyclic amines) is 1. The quantitative estimate of drug-likeness (QED) is 0.813. The molecular formula is C19H24N4O2. The van der Waals surface area contributed by atoms with Gasteiger partial charge in [0.2, 0.25) is 11.8 Å². The highest BCUT2D eigenvalue weighted by molar-refractivity contribution is 5.96. The van der Waals surface area contributed by atoms with Gasteiger partial charge in [-0.15, -0.1) is 0 Å². The first-order valence-corrected chi connectivity index (χ1v) is 8.82. The van der Waals surface area contributed by atoms with Gasteiger partial charge in [-0.25, -0.2) is 0 Å². The molecule has 1 aliphatic rings. The summed E-state index contributed by atoms with van der Waals surface area (Å²) in [6, 6.07) is 11.7. The maximum atomic E-state index is 12.4. The lowest BCUT2D eigenvalue weighted by Crippen LogP contribution is -2.28. The molecule has 1 atom stereocenters. The molecule has 1 aromatic carbocycles. The number of hydrogen-bond donors (Lipinski definition) is 2. The van der Waals surface area contributed by atoms with E-state index in [9.17, 15) is 9.59 Å². The SMILES string of the molecule is CCCCc1cc(NC(=O)C2CC(=O)N(Cc3ccccc3)C2)n[nH]1. The maximum Gasteiger partial charge on any atom is 0.230 e. The number of nitrogens with one attached hydrogen (secondary N) is 2. The summed E-state index contributed by atoms with van der Waals surface area (Å²) in [6.45, 7) is 3.14. The van der Waals surface area contributed by atoms with Gasteiger partial charge in [0.1, 0.15) is 0 Å². The molecule has 2 N–H and O–H groups in total. The highest BCUT2D eigenvalue weighted by atomic mass is 16.2. The van der Waals surface area contributed by atoms with Crippen molar-refractivity contribution < 1.29 is 9.59 Å². The zero-order chi connectivity index (χ0) is 17.6. The van der Waals surface area contributed by atoms with E-state index in [-0.39, 0.29) is 24.2 Å². The normalized spacial score (nSPS) is 17.1. The number of carbonyl (C=O) groups excluding carboxylic acids is 2. The Labute approximate surface area is 147 Å². The molecule has 6 heteroatoms. The first-order valence-electron chi connectivity index (χ1n) is 8.82. The number of aromatic amines is 1. The van der Waals surface area contributed by atoms with E-state index < -0.39 is 0 Å². The summed E-state index contributed by atoms with van der Waals surface area (Å²) in [7, 11) is 0. The van der Waals surface area contributed by atoms with E-state index in [1.165, 1.54) is 0 Å². The minimum atomic E-state index is -0.327. The van der Waals surface area contributed by atoms with Gasteiger partial charge in [-0.2, -0.15) is 5.10 Å². The summed E-state index contributed by atoms with van der Waals surface area (Å²) in [5.41, 5.74) is 2.09. The second-order valence-corrected chi connectivity index (χ2v) is 6.53. The van der Waals surface area contributed by atoms with Crippen molar-refractivity contribution in [1.82, 2.24) is 15.1 Å². The first kappa shape index (κ1) is 17.2. The van der Waals surface area contributed by atoms with Gasteiger partial charge in [0.15, 0.2) is 5.82 Å². The van der Waals surface area contributed by atoms with Crippen molar-refractivity contribution >= 4 is 17.6 Å². The average molecular weight is 340 g/mol. The van der Waals surface area contributed by atoms with Gasteiger partial charge in [-0.05, 0) is 18.4 Å². The number of amides is 2. The number of rotatable bonds is 7. The average Bonchev–Trinajstić information content (AvgIpc) is 3.21. The summed E-state index contributed by atoms with van der Waals surface area (Å²) < 4.78 is 0. The second kappa shape index (κ2) is 7.96. The van der Waals surface area contributed by atoms with E-state index in [1.54, 1.807) is 4.90 Å². The smallest absolute Gasteiger partial charge is 0.230 e. The van der Waals surface area contributed by atoms with Gasteiger partial charge in [0, 0.05) is 31.3 Å². The van der Waals surface area contributed by atoms with Crippen LogP contribution in [0.2, 0.25) is 0 Å². The molecule has 0 bridgehead atoms. The summed E-state index contributed by atoms with van der Waals surface area (Å²) in [4.78, 5) is 26.4. The van der Waals surface area contributed by atoms with Crippen molar-refractivity contribution in [2.75, 3.05) is 11.9 Å². The van der Waals surface area contributed by atoms with Gasteiger partial charge in [0.25, 0.3) is 0 Å². The van der Waals surface area contributed by atoms with Crippen LogP contribution in [0.5, 0.6) is 0 Å². The van der Waals surface area contributed by atoms with Crippen LogP contribution in [0.3, 0.4) is 0 Å². The first-order chi connectivity index (χ1) is 12.2. The zero-order valence-corrected chi connectivity index (χ0v) is 14.5. The van der Waals surface area contributed by atoms with Crippen molar-refractivity contribution in [3.8, 4) is 0 Å². The summed E-state index contributed by atoms with van der Waals surface area (Å²) in [6.07, 6.45) is 3.38. The van der Waals surface area contributed by atoms with Gasteiger partial charge in [-0.3, -0.25) is 14.7 Å². The zero-order valence-electron chi connectivity index (χ0n) is 14.5. The van der Waals surface area contributed by atoms with Crippen molar-refractivity contribution in [2.24, 2.45) is 5.92 Å². The number of H-pyrrole nitrogens is 1. The molecule has 1 fully saturated rings. The molecule has 1 aromatic heterocycles. The summed E-state index contributed by atoms with van der Waals surface area (Å²) in [5.74, 6) is 0.0872. The minimum absolute atomic E-state index is 0.0228. The third-order valence-corrected chi connectivity index (χ3v) is 4.48. The van der Waals surface area contributed by atoms with Crippen molar-refractivity contribution in [2.45, 2.75) is 39.2 Å². The lowest BCUT2D eigenvalue weighted by atomic mass is 10.1. The van der Waals surface area contributed by atoms with Gasteiger partial charge >= 0.3 is 0 Å². The van der Waals surface area contributed by atoms with E-state index in [2.05, 4.69) is 22.4 Å². The van der Waals surface area contributed by atoms with Crippen LogP contribution in [0.1, 0.15) is 37.4 Å². The monoisotopic (exact) mass is 340 g/mol. The number of carbonyl (C=O) groups is 2. The van der Waals surface area contributed by atoms with E-state index in [4.69, 9.17) is 0 Å². The molecule has 2 amide bonds. The Morgan fingerprint density at radius 2 is 2.16 bits per heavy atom. The predicted octanol–water partition coefficient (Wildman–Crippen LogP) is 2.74. The standard InChI is InChI=1S/C19H24N4O2/c1-2-3-9-16-11-17(22-21-16)20-19(25)15-10-18(24)23(13-15)12-14-7-5-4-6-8-14/h4-8,11,15H,2-3,9-10,12-13H2,1H3,(H2,20,21,22,25). The molecule has 2 heterocycles. The molecule has 2 aromatic rings. The van der Waals surface area contributed by atoms with Crippen LogP contribution in [-0.4, -0.2) is 33.5 Å².